The normalized spacial score (nSPS) is 22.3. The van der Waals surface area contributed by atoms with Gasteiger partial charge in [-0.2, -0.15) is 5.26 Å². The van der Waals surface area contributed by atoms with E-state index in [1.807, 2.05) is 24.3 Å². The van der Waals surface area contributed by atoms with Crippen molar-refractivity contribution in [2.24, 2.45) is 0 Å². The fourth-order valence-corrected chi connectivity index (χ4v) is 6.16. The summed E-state index contributed by atoms with van der Waals surface area (Å²) in [4.78, 5) is 51.2. The molecule has 2 aromatic carbocycles. The van der Waals surface area contributed by atoms with Crippen LogP contribution in [0.1, 0.15) is 51.3 Å². The van der Waals surface area contributed by atoms with Gasteiger partial charge in [-0.05, 0) is 59.9 Å². The van der Waals surface area contributed by atoms with Crippen molar-refractivity contribution in [1.29, 1.82) is 5.26 Å². The maximum Gasteiger partial charge on any atom is 0.303 e. The minimum absolute atomic E-state index is 0.0426. The van der Waals surface area contributed by atoms with Crippen LogP contribution in [0.2, 0.25) is 0 Å². The number of carbonyl (C=O) groups is 4. The van der Waals surface area contributed by atoms with Gasteiger partial charge >= 0.3 is 17.9 Å². The lowest BCUT2D eigenvalue weighted by Crippen LogP contribution is -2.62. The molecule has 0 saturated carbocycles. The van der Waals surface area contributed by atoms with E-state index in [1.165, 1.54) is 69.8 Å². The van der Waals surface area contributed by atoms with E-state index < -0.39 is 54.5 Å². The molecule has 0 spiro atoms. The predicted molar refractivity (Wildman–Crippen MR) is 178 cm³/mol. The highest BCUT2D eigenvalue weighted by Gasteiger charge is 2.52. The van der Waals surface area contributed by atoms with Gasteiger partial charge in [-0.1, -0.05) is 23.4 Å². The molecule has 1 N–H and O–H groups in total. The van der Waals surface area contributed by atoms with Crippen LogP contribution in [-0.4, -0.2) is 89.7 Å². The molecule has 5 atom stereocenters. The van der Waals surface area contributed by atoms with Crippen molar-refractivity contribution < 1.29 is 42.9 Å². The number of nitriles is 1. The summed E-state index contributed by atoms with van der Waals surface area (Å²) < 4.78 is 29.0. The van der Waals surface area contributed by atoms with E-state index in [4.69, 9.17) is 23.7 Å². The first kappa shape index (κ1) is 36.0. The van der Waals surface area contributed by atoms with Gasteiger partial charge in [0.25, 0.3) is 5.91 Å². The summed E-state index contributed by atoms with van der Waals surface area (Å²) >= 11 is 0. The SMILES string of the molecule is COC1OC(Cn2cc(CNC(=O)/C(C#N)=C/c3ccc4cc(N5CCCCC5)ccc4c3)nn2)C(OC(C)=O)C(OC(C)=O)C1OC(C)=O. The quantitative estimate of drug-likeness (QED) is 0.134. The van der Waals surface area contributed by atoms with Crippen molar-refractivity contribution >= 4 is 46.4 Å². The summed E-state index contributed by atoms with van der Waals surface area (Å²) in [6, 6.07) is 14.1. The van der Waals surface area contributed by atoms with Gasteiger partial charge in [0.2, 0.25) is 0 Å². The molecule has 2 fully saturated rings. The van der Waals surface area contributed by atoms with Crippen molar-refractivity contribution in [1.82, 2.24) is 20.3 Å². The molecule has 0 aliphatic carbocycles. The summed E-state index contributed by atoms with van der Waals surface area (Å²) in [7, 11) is 1.32. The topological polar surface area (TPSA) is 184 Å². The van der Waals surface area contributed by atoms with Gasteiger partial charge < -0.3 is 33.9 Å². The van der Waals surface area contributed by atoms with E-state index in [0.29, 0.717) is 11.3 Å². The number of piperidine rings is 1. The number of methoxy groups -OCH3 is 1. The Hall–Kier alpha value is -5.33. The Kier molecular flexibility index (Phi) is 11.8. The molecule has 3 heterocycles. The summed E-state index contributed by atoms with van der Waals surface area (Å²) in [5, 5.41) is 22.7. The average molecular weight is 689 g/mol. The van der Waals surface area contributed by atoms with Crippen molar-refractivity contribution in [2.45, 2.75) is 83.8 Å². The smallest absolute Gasteiger partial charge is 0.303 e. The molecule has 1 amide bonds. The van der Waals surface area contributed by atoms with E-state index in [2.05, 4.69) is 38.7 Å². The van der Waals surface area contributed by atoms with Gasteiger partial charge in [-0.15, -0.1) is 5.10 Å². The largest absolute Gasteiger partial charge is 0.456 e. The number of anilines is 1. The monoisotopic (exact) mass is 688 g/mol. The second-order valence-electron chi connectivity index (χ2n) is 12.1. The van der Waals surface area contributed by atoms with Gasteiger partial charge in [0.1, 0.15) is 23.4 Å². The first-order valence-electron chi connectivity index (χ1n) is 16.3. The predicted octanol–water partition coefficient (Wildman–Crippen LogP) is 2.81. The minimum atomic E-state index is -1.25. The zero-order valence-electron chi connectivity index (χ0n) is 28.4. The lowest BCUT2D eigenvalue weighted by atomic mass is 9.97. The lowest BCUT2D eigenvalue weighted by molar-refractivity contribution is -0.300. The molecule has 2 aliphatic heterocycles. The Morgan fingerprint density at radius 2 is 1.60 bits per heavy atom. The van der Waals surface area contributed by atoms with Crippen LogP contribution < -0.4 is 10.2 Å². The van der Waals surface area contributed by atoms with Crippen LogP contribution in [0.5, 0.6) is 0 Å². The zero-order chi connectivity index (χ0) is 35.8. The van der Waals surface area contributed by atoms with E-state index in [1.54, 1.807) is 0 Å². The number of hydrogen-bond donors (Lipinski definition) is 1. The zero-order valence-corrected chi connectivity index (χ0v) is 28.4. The molecule has 0 bridgehead atoms. The number of amides is 1. The highest BCUT2D eigenvalue weighted by Crippen LogP contribution is 2.30. The second-order valence-corrected chi connectivity index (χ2v) is 12.1. The summed E-state index contributed by atoms with van der Waals surface area (Å²) in [5.74, 6) is -2.66. The number of fused-ring (bicyclic) bond motifs is 1. The van der Waals surface area contributed by atoms with Crippen molar-refractivity contribution in [3.8, 4) is 6.07 Å². The fourth-order valence-electron chi connectivity index (χ4n) is 6.16. The highest BCUT2D eigenvalue weighted by atomic mass is 16.7. The van der Waals surface area contributed by atoms with E-state index in [9.17, 15) is 24.4 Å². The summed E-state index contributed by atoms with van der Waals surface area (Å²) in [6.45, 7) is 5.54. The van der Waals surface area contributed by atoms with Crippen LogP contribution in [0, 0.1) is 11.3 Å². The Morgan fingerprint density at radius 1 is 0.940 bits per heavy atom. The molecule has 50 heavy (non-hydrogen) atoms. The molecule has 2 saturated heterocycles. The Morgan fingerprint density at radius 3 is 2.28 bits per heavy atom. The molecule has 5 unspecified atom stereocenters. The third-order valence-corrected chi connectivity index (χ3v) is 8.36. The van der Waals surface area contributed by atoms with Crippen molar-refractivity contribution in [3.05, 3.63) is 59.4 Å². The first-order chi connectivity index (χ1) is 24.0. The molecule has 264 valence electrons. The molecular formula is C35H40N6O9. The molecule has 1 aromatic heterocycles. The lowest BCUT2D eigenvalue weighted by Gasteiger charge is -2.43. The van der Waals surface area contributed by atoms with Gasteiger partial charge in [0.15, 0.2) is 24.6 Å². The number of nitrogens with zero attached hydrogens (tertiary/aromatic N) is 5. The maximum absolute atomic E-state index is 13.0. The van der Waals surface area contributed by atoms with Crippen LogP contribution in [-0.2, 0) is 56.0 Å². The van der Waals surface area contributed by atoms with Gasteiger partial charge in [-0.25, -0.2) is 4.68 Å². The summed E-state index contributed by atoms with van der Waals surface area (Å²) in [6.07, 6.45) is 0.912. The number of esters is 3. The van der Waals surface area contributed by atoms with Crippen LogP contribution >= 0.6 is 0 Å². The number of benzene rings is 2. The molecule has 15 nitrogen and oxygen atoms in total. The number of nitrogens with one attached hydrogen (secondary N) is 1. The van der Waals surface area contributed by atoms with Crippen LogP contribution in [0.3, 0.4) is 0 Å². The molecule has 5 rings (SSSR count). The first-order valence-corrected chi connectivity index (χ1v) is 16.3. The minimum Gasteiger partial charge on any atom is -0.456 e. The van der Waals surface area contributed by atoms with Crippen molar-refractivity contribution in [3.63, 3.8) is 0 Å². The number of hydrogen-bond acceptors (Lipinski definition) is 13. The molecular weight excluding hydrogens is 648 g/mol. The Bertz CT molecular complexity index is 1790. The highest BCUT2D eigenvalue weighted by molar-refractivity contribution is 6.02. The Labute approximate surface area is 289 Å². The maximum atomic E-state index is 13.0. The Balaban J connectivity index is 1.24. The number of rotatable bonds is 11. The van der Waals surface area contributed by atoms with Crippen LogP contribution in [0.25, 0.3) is 16.8 Å². The number of carbonyl (C=O) groups excluding carboxylic acids is 4. The molecule has 3 aromatic rings. The fraction of sp³-hybridized carbons (Fsp3) is 0.457. The number of aromatic nitrogens is 3. The molecule has 2 aliphatic rings. The van der Waals surface area contributed by atoms with Crippen molar-refractivity contribution in [2.75, 3.05) is 25.1 Å². The number of ether oxygens (including phenoxy) is 5. The van der Waals surface area contributed by atoms with E-state index in [0.717, 1.165) is 23.9 Å². The van der Waals surface area contributed by atoms with Crippen LogP contribution in [0.15, 0.2) is 48.2 Å². The third-order valence-electron chi connectivity index (χ3n) is 8.36. The summed E-state index contributed by atoms with van der Waals surface area (Å²) in [5.41, 5.74) is 2.20. The van der Waals surface area contributed by atoms with Gasteiger partial charge in [0, 0.05) is 46.7 Å². The molecule has 0 radical (unpaired) electrons. The molecule has 15 heteroatoms. The second kappa shape index (κ2) is 16.4. The van der Waals surface area contributed by atoms with Gasteiger partial charge in [0.05, 0.1) is 19.3 Å². The van der Waals surface area contributed by atoms with E-state index >= 15 is 0 Å². The van der Waals surface area contributed by atoms with Crippen LogP contribution in [0.4, 0.5) is 5.69 Å². The van der Waals surface area contributed by atoms with E-state index in [-0.39, 0.29) is 18.7 Å². The average Bonchev–Trinajstić information content (AvgIpc) is 3.55. The standard InChI is InChI=1S/C35H40N6O9/c1-21(42)47-31-30(50-35(46-4)33(49-23(3)44)32(31)48-22(2)43)20-41-19-28(38-39-41)18-37-34(45)27(17-36)15-24-8-9-26-16-29(11-10-25(26)14-24)40-12-6-5-7-13-40/h8-11,14-16,19,30-33,35H,5-7,12-13,18,20H2,1-4H3,(H,37,45)/b27-15+. The third kappa shape index (κ3) is 9.01. The van der Waals surface area contributed by atoms with Gasteiger partial charge in [-0.3, -0.25) is 19.2 Å².